The highest BCUT2D eigenvalue weighted by Crippen LogP contribution is 2.38. The van der Waals surface area contributed by atoms with Crippen molar-refractivity contribution in [2.45, 2.75) is 51.7 Å². The van der Waals surface area contributed by atoms with E-state index in [0.717, 1.165) is 53.0 Å². The van der Waals surface area contributed by atoms with Crippen LogP contribution in [0.1, 0.15) is 38.3 Å². The lowest BCUT2D eigenvalue weighted by Crippen LogP contribution is -2.38. The number of aromatic nitrogens is 3. The zero-order chi connectivity index (χ0) is 23.9. The average Bonchev–Trinajstić information content (AvgIpc) is 3.49. The molecule has 3 heterocycles. The quantitative estimate of drug-likeness (QED) is 0.595. The molecule has 1 aromatic carbocycles. The molecular formula is C24H27N5O5. The third kappa shape index (κ3) is 4.35. The van der Waals surface area contributed by atoms with Crippen molar-refractivity contribution >= 4 is 17.9 Å². The summed E-state index contributed by atoms with van der Waals surface area (Å²) in [6.45, 7) is 5.91. The maximum Gasteiger partial charge on any atom is 0.414 e. The van der Waals surface area contributed by atoms with E-state index in [1.165, 1.54) is 0 Å². The van der Waals surface area contributed by atoms with E-state index in [1.807, 2.05) is 24.3 Å². The van der Waals surface area contributed by atoms with E-state index in [0.29, 0.717) is 12.3 Å². The first-order valence-corrected chi connectivity index (χ1v) is 11.3. The molecule has 5 rings (SSSR count). The van der Waals surface area contributed by atoms with Crippen molar-refractivity contribution in [2.75, 3.05) is 18.0 Å². The van der Waals surface area contributed by atoms with E-state index in [9.17, 15) is 9.59 Å². The Hall–Kier alpha value is -3.82. The summed E-state index contributed by atoms with van der Waals surface area (Å²) in [5, 5.41) is 14.1. The molecule has 178 valence electrons. The highest BCUT2D eigenvalue weighted by atomic mass is 16.6. The second-order valence-corrected chi connectivity index (χ2v) is 9.50. The molecule has 1 saturated heterocycles. The molecule has 1 fully saturated rings. The van der Waals surface area contributed by atoms with Crippen molar-refractivity contribution in [1.29, 1.82) is 0 Å². The van der Waals surface area contributed by atoms with Gasteiger partial charge in [-0.15, -0.1) is 0 Å². The fourth-order valence-electron chi connectivity index (χ4n) is 4.37. The minimum atomic E-state index is -0.589. The highest BCUT2D eigenvalue weighted by molar-refractivity contribution is 5.90. The minimum Gasteiger partial charge on any atom is -0.444 e. The molecule has 10 nitrogen and oxygen atoms in total. The van der Waals surface area contributed by atoms with E-state index in [4.69, 9.17) is 14.0 Å². The Balaban J connectivity index is 1.32. The van der Waals surface area contributed by atoms with E-state index >= 15 is 0 Å². The largest absolute Gasteiger partial charge is 0.444 e. The van der Waals surface area contributed by atoms with Gasteiger partial charge in [0, 0.05) is 22.9 Å². The molecule has 1 aliphatic carbocycles. The molecular weight excluding hydrogens is 438 g/mol. The second kappa shape index (κ2) is 8.51. The summed E-state index contributed by atoms with van der Waals surface area (Å²) in [6, 6.07) is 7.75. The van der Waals surface area contributed by atoms with Crippen LogP contribution in [0.2, 0.25) is 0 Å². The summed E-state index contributed by atoms with van der Waals surface area (Å²) >= 11 is 0. The number of nitrogens with one attached hydrogen (secondary N) is 2. The molecule has 1 atom stereocenters. The smallest absolute Gasteiger partial charge is 0.414 e. The van der Waals surface area contributed by atoms with Crippen LogP contribution in [0, 0.1) is 0 Å². The number of alkyl carbamates (subject to hydrolysis) is 1. The number of H-pyrrole nitrogens is 1. The molecule has 0 saturated carbocycles. The number of ether oxygens (including phenoxy) is 2. The predicted octanol–water partition coefficient (Wildman–Crippen LogP) is 4.07. The van der Waals surface area contributed by atoms with Crippen LogP contribution in [-0.2, 0) is 22.3 Å². The molecule has 1 unspecified atom stereocenters. The Morgan fingerprint density at radius 3 is 2.91 bits per heavy atom. The first-order chi connectivity index (χ1) is 16.3. The maximum absolute atomic E-state index is 12.6. The zero-order valence-electron chi connectivity index (χ0n) is 19.4. The van der Waals surface area contributed by atoms with Crippen LogP contribution in [-0.4, -0.2) is 52.3 Å². The molecule has 2 aromatic heterocycles. The fourth-order valence-corrected chi connectivity index (χ4v) is 4.37. The summed E-state index contributed by atoms with van der Waals surface area (Å²) in [6.07, 6.45) is 2.85. The van der Waals surface area contributed by atoms with Crippen LogP contribution in [0.5, 0.6) is 0 Å². The topological polar surface area (TPSA) is 123 Å². The van der Waals surface area contributed by atoms with E-state index in [2.05, 4.69) is 20.7 Å². The van der Waals surface area contributed by atoms with Gasteiger partial charge in [-0.3, -0.25) is 10.00 Å². The van der Waals surface area contributed by atoms with Gasteiger partial charge in [0.1, 0.15) is 17.4 Å². The molecule has 2 aliphatic rings. The lowest BCUT2D eigenvalue weighted by Gasteiger charge is -2.20. The second-order valence-electron chi connectivity index (χ2n) is 9.50. The van der Waals surface area contributed by atoms with Crippen molar-refractivity contribution in [2.24, 2.45) is 0 Å². The Labute approximate surface area is 196 Å². The van der Waals surface area contributed by atoms with Crippen molar-refractivity contribution in [1.82, 2.24) is 20.7 Å². The number of fused-ring (bicyclic) bond motifs is 3. The molecule has 0 spiro atoms. The fraction of sp³-hybridized carbons (Fsp3) is 0.417. The van der Waals surface area contributed by atoms with Crippen LogP contribution in [0.3, 0.4) is 0 Å². The molecule has 34 heavy (non-hydrogen) atoms. The summed E-state index contributed by atoms with van der Waals surface area (Å²) in [7, 11) is 0. The number of hydrogen-bond acceptors (Lipinski definition) is 7. The molecule has 3 aromatic rings. The molecule has 1 aliphatic heterocycles. The third-order valence-electron chi connectivity index (χ3n) is 5.83. The third-order valence-corrected chi connectivity index (χ3v) is 5.83. The van der Waals surface area contributed by atoms with Crippen LogP contribution in [0.25, 0.3) is 22.7 Å². The van der Waals surface area contributed by atoms with E-state index < -0.39 is 23.9 Å². The number of anilines is 1. The summed E-state index contributed by atoms with van der Waals surface area (Å²) in [5.41, 5.74) is 5.19. The van der Waals surface area contributed by atoms with Gasteiger partial charge >= 0.3 is 12.2 Å². The molecule has 10 heteroatoms. The first kappa shape index (κ1) is 22.0. The number of hydrogen-bond donors (Lipinski definition) is 2. The Kier molecular flexibility index (Phi) is 5.51. The SMILES string of the molecule is CC(C)(C)OC(=O)NCC1CN(c2ccc3c(c2)CCCc2c-3n[nH]c2-c2ccno2)C(=O)O1. The van der Waals surface area contributed by atoms with Gasteiger partial charge in [0.25, 0.3) is 0 Å². The number of aryl methyl sites for hydroxylation is 1. The number of nitrogens with zero attached hydrogens (tertiary/aromatic N) is 3. The summed E-state index contributed by atoms with van der Waals surface area (Å²) in [4.78, 5) is 26.1. The molecule has 0 radical (unpaired) electrons. The number of benzene rings is 1. The van der Waals surface area contributed by atoms with Crippen LogP contribution in [0.4, 0.5) is 15.3 Å². The van der Waals surface area contributed by atoms with Gasteiger partial charge in [0.15, 0.2) is 5.76 Å². The minimum absolute atomic E-state index is 0.184. The number of aromatic amines is 1. The van der Waals surface area contributed by atoms with Crippen LogP contribution >= 0.6 is 0 Å². The Morgan fingerprint density at radius 2 is 2.15 bits per heavy atom. The van der Waals surface area contributed by atoms with E-state index in [-0.39, 0.29) is 6.54 Å². The van der Waals surface area contributed by atoms with Crippen molar-refractivity contribution in [3.05, 3.63) is 41.6 Å². The molecule has 2 amide bonds. The molecule has 2 N–H and O–H groups in total. The number of carbonyl (C=O) groups is 2. The lowest BCUT2D eigenvalue weighted by atomic mass is 10.0. The number of cyclic esters (lactones) is 1. The van der Waals surface area contributed by atoms with Gasteiger partial charge in [-0.2, -0.15) is 5.10 Å². The van der Waals surface area contributed by atoms with Crippen molar-refractivity contribution < 1.29 is 23.6 Å². The van der Waals surface area contributed by atoms with Crippen molar-refractivity contribution in [3.8, 4) is 22.7 Å². The standard InChI is InChI=1S/C24H27N5O5/c1-24(2,3)33-22(30)25-12-16-13-29(23(31)32-16)15-7-8-17-14(11-15)5-4-6-18-20(17)27-28-21(18)19-9-10-26-34-19/h7-11,16H,4-6,12-13H2,1-3H3,(H,25,30)(H,27,28). The van der Waals surface area contributed by atoms with Gasteiger partial charge in [0.05, 0.1) is 25.0 Å². The van der Waals surface area contributed by atoms with Gasteiger partial charge in [-0.1, -0.05) is 11.2 Å². The van der Waals surface area contributed by atoms with Gasteiger partial charge in [-0.25, -0.2) is 9.59 Å². The number of carbonyl (C=O) groups excluding carboxylic acids is 2. The van der Waals surface area contributed by atoms with Crippen LogP contribution < -0.4 is 10.2 Å². The zero-order valence-corrected chi connectivity index (χ0v) is 19.4. The van der Waals surface area contributed by atoms with Crippen molar-refractivity contribution in [3.63, 3.8) is 0 Å². The number of amides is 2. The number of rotatable bonds is 4. The van der Waals surface area contributed by atoms with Gasteiger partial charge in [0.2, 0.25) is 0 Å². The molecule has 0 bridgehead atoms. The maximum atomic E-state index is 12.6. The Morgan fingerprint density at radius 1 is 1.29 bits per heavy atom. The highest BCUT2D eigenvalue weighted by Gasteiger charge is 2.33. The predicted molar refractivity (Wildman–Crippen MR) is 123 cm³/mol. The lowest BCUT2D eigenvalue weighted by molar-refractivity contribution is 0.0496. The van der Waals surface area contributed by atoms with E-state index in [1.54, 1.807) is 31.9 Å². The average molecular weight is 466 g/mol. The normalized spacial score (nSPS) is 17.6. The Bertz CT molecular complexity index is 1210. The van der Waals surface area contributed by atoms with Gasteiger partial charge in [-0.05, 0) is 57.7 Å². The monoisotopic (exact) mass is 465 g/mol. The first-order valence-electron chi connectivity index (χ1n) is 11.3. The van der Waals surface area contributed by atoms with Crippen LogP contribution in [0.15, 0.2) is 35.0 Å². The summed E-state index contributed by atoms with van der Waals surface area (Å²) < 4.78 is 16.0. The van der Waals surface area contributed by atoms with Gasteiger partial charge < -0.3 is 19.3 Å². The summed E-state index contributed by atoms with van der Waals surface area (Å²) in [5.74, 6) is 0.666.